The first-order chi connectivity index (χ1) is 14.4. The summed E-state index contributed by atoms with van der Waals surface area (Å²) in [6.07, 6.45) is 1.27. The second-order valence-corrected chi connectivity index (χ2v) is 7.31. The fourth-order valence-corrected chi connectivity index (χ4v) is 3.37. The number of halogens is 4. The molecular formula is C22H12Cl2F2N2O2. The van der Waals surface area contributed by atoms with Crippen LogP contribution in [0.5, 0.6) is 0 Å². The van der Waals surface area contributed by atoms with Crippen LogP contribution in [0.4, 0.5) is 13.6 Å². The van der Waals surface area contributed by atoms with Gasteiger partial charge in [0.25, 0.3) is 0 Å². The monoisotopic (exact) mass is 444 g/mol. The summed E-state index contributed by atoms with van der Waals surface area (Å²) in [6, 6.07) is 8.95. The van der Waals surface area contributed by atoms with E-state index in [0.717, 1.165) is 18.2 Å². The lowest BCUT2D eigenvalue weighted by Gasteiger charge is -2.18. The van der Waals surface area contributed by atoms with E-state index in [1.807, 2.05) is 0 Å². The second kappa shape index (κ2) is 8.31. The van der Waals surface area contributed by atoms with Gasteiger partial charge in [-0.25, -0.2) is 13.6 Å². The van der Waals surface area contributed by atoms with Crippen LogP contribution in [0, 0.1) is 23.5 Å². The average molecular weight is 445 g/mol. The molecule has 1 aromatic heterocycles. The van der Waals surface area contributed by atoms with Crippen molar-refractivity contribution < 1.29 is 18.3 Å². The van der Waals surface area contributed by atoms with Gasteiger partial charge >= 0.3 is 6.09 Å². The third kappa shape index (κ3) is 4.23. The molecule has 1 fully saturated rings. The van der Waals surface area contributed by atoms with Crippen LogP contribution >= 0.6 is 23.2 Å². The molecule has 2 atom stereocenters. The van der Waals surface area contributed by atoms with Gasteiger partial charge < -0.3 is 10.1 Å². The number of nitrogens with one attached hydrogen (secondary N) is 1. The minimum Gasteiger partial charge on any atom is -0.439 e. The average Bonchev–Trinajstić information content (AvgIpc) is 3.12. The molecule has 150 valence electrons. The number of alkyl carbamates (subject to hydrolysis) is 1. The van der Waals surface area contributed by atoms with Crippen LogP contribution in [-0.2, 0) is 4.74 Å². The first-order valence-electron chi connectivity index (χ1n) is 8.75. The minimum atomic E-state index is -1.05. The largest absolute Gasteiger partial charge is 0.439 e. The van der Waals surface area contributed by atoms with E-state index in [1.54, 1.807) is 30.5 Å². The van der Waals surface area contributed by atoms with Crippen LogP contribution in [0.2, 0.25) is 10.0 Å². The number of rotatable bonds is 2. The lowest BCUT2D eigenvalue weighted by atomic mass is 9.96. The van der Waals surface area contributed by atoms with E-state index in [4.69, 9.17) is 27.9 Å². The maximum atomic E-state index is 14.2. The van der Waals surface area contributed by atoms with Gasteiger partial charge in [-0.3, -0.25) is 4.98 Å². The Kier molecular flexibility index (Phi) is 5.58. The van der Waals surface area contributed by atoms with E-state index in [9.17, 15) is 13.6 Å². The summed E-state index contributed by atoms with van der Waals surface area (Å²) in [5.74, 6) is 4.60. The molecule has 1 aliphatic rings. The molecule has 1 N–H and O–H groups in total. The van der Waals surface area contributed by atoms with Gasteiger partial charge in [0, 0.05) is 29.1 Å². The summed E-state index contributed by atoms with van der Waals surface area (Å²) in [6.45, 7) is 0. The Morgan fingerprint density at radius 2 is 1.77 bits per heavy atom. The summed E-state index contributed by atoms with van der Waals surface area (Å²) in [4.78, 5) is 16.0. The summed E-state index contributed by atoms with van der Waals surface area (Å²) in [7, 11) is 0. The first-order valence-corrected chi connectivity index (χ1v) is 9.50. The predicted molar refractivity (Wildman–Crippen MR) is 108 cm³/mol. The van der Waals surface area contributed by atoms with Crippen LogP contribution in [0.1, 0.15) is 34.4 Å². The summed E-state index contributed by atoms with van der Waals surface area (Å²) >= 11 is 11.9. The fourth-order valence-electron chi connectivity index (χ4n) is 3.07. The number of amides is 1. The molecule has 1 unspecified atom stereocenters. The number of pyridine rings is 1. The van der Waals surface area contributed by atoms with Gasteiger partial charge in [0.2, 0.25) is 0 Å². The third-order valence-corrected chi connectivity index (χ3v) is 5.20. The summed E-state index contributed by atoms with van der Waals surface area (Å²) in [5, 5.41) is 3.43. The highest BCUT2D eigenvalue weighted by Gasteiger charge is 2.38. The molecule has 2 aromatic carbocycles. The standard InChI is InChI=1S/C22H12Cl2F2N2O2/c23-17-5-3-12(8-18(17)24)1-2-13-7-14(11-27-10-13)20-21(30-22(29)28-20)16-9-15(25)4-6-19(16)26/h3-11,20-21H,(H,28,29)/t20-,21?/m1/s1. The summed E-state index contributed by atoms with van der Waals surface area (Å²) < 4.78 is 33.1. The SMILES string of the molecule is O=C1N[C@H](c2cncc(C#Cc3ccc(Cl)c(Cl)c3)c2)C(c2cc(F)ccc2F)O1. The molecule has 1 amide bonds. The molecule has 1 saturated heterocycles. The van der Waals surface area contributed by atoms with Gasteiger partial charge in [0.1, 0.15) is 17.7 Å². The van der Waals surface area contributed by atoms with Crippen LogP contribution in [0.25, 0.3) is 0 Å². The zero-order valence-electron chi connectivity index (χ0n) is 15.1. The Balaban J connectivity index is 1.65. The van der Waals surface area contributed by atoms with Crippen molar-refractivity contribution in [1.82, 2.24) is 10.3 Å². The number of benzene rings is 2. The molecule has 0 aliphatic carbocycles. The van der Waals surface area contributed by atoms with Gasteiger partial charge in [0.15, 0.2) is 6.10 Å². The van der Waals surface area contributed by atoms with Crippen molar-refractivity contribution >= 4 is 29.3 Å². The zero-order valence-corrected chi connectivity index (χ0v) is 16.6. The molecule has 0 spiro atoms. The van der Waals surface area contributed by atoms with E-state index in [2.05, 4.69) is 22.1 Å². The summed E-state index contributed by atoms with van der Waals surface area (Å²) in [5.41, 5.74) is 1.69. The highest BCUT2D eigenvalue weighted by Crippen LogP contribution is 2.38. The number of hydrogen-bond acceptors (Lipinski definition) is 3. The lowest BCUT2D eigenvalue weighted by Crippen LogP contribution is -2.20. The van der Waals surface area contributed by atoms with E-state index in [1.165, 1.54) is 6.20 Å². The van der Waals surface area contributed by atoms with Crippen LogP contribution < -0.4 is 5.32 Å². The Bertz CT molecular complexity index is 1210. The van der Waals surface area contributed by atoms with Crippen molar-refractivity contribution in [3.05, 3.63) is 98.8 Å². The normalized spacial score (nSPS) is 17.7. The van der Waals surface area contributed by atoms with Crippen molar-refractivity contribution in [2.45, 2.75) is 12.1 Å². The number of ether oxygens (including phenoxy) is 1. The number of aromatic nitrogens is 1. The molecule has 30 heavy (non-hydrogen) atoms. The Labute approximate surface area is 180 Å². The Morgan fingerprint density at radius 1 is 0.967 bits per heavy atom. The van der Waals surface area contributed by atoms with E-state index in [0.29, 0.717) is 26.7 Å². The highest BCUT2D eigenvalue weighted by molar-refractivity contribution is 6.42. The molecule has 0 radical (unpaired) electrons. The number of cyclic esters (lactones) is 1. The maximum absolute atomic E-state index is 14.2. The molecule has 3 aromatic rings. The van der Waals surface area contributed by atoms with Crippen molar-refractivity contribution in [2.24, 2.45) is 0 Å². The lowest BCUT2D eigenvalue weighted by molar-refractivity contribution is 0.130. The molecule has 4 nitrogen and oxygen atoms in total. The van der Waals surface area contributed by atoms with Crippen molar-refractivity contribution in [2.75, 3.05) is 0 Å². The Morgan fingerprint density at radius 3 is 2.57 bits per heavy atom. The molecule has 8 heteroatoms. The number of carbonyl (C=O) groups excluding carboxylic acids is 1. The number of hydrogen-bond donors (Lipinski definition) is 1. The molecule has 0 saturated carbocycles. The van der Waals surface area contributed by atoms with Gasteiger partial charge in [-0.15, -0.1) is 0 Å². The molecular weight excluding hydrogens is 433 g/mol. The fraction of sp³-hybridized carbons (Fsp3) is 0.0909. The molecule has 1 aliphatic heterocycles. The van der Waals surface area contributed by atoms with Gasteiger partial charge in [-0.1, -0.05) is 35.0 Å². The first kappa shape index (κ1) is 20.1. The predicted octanol–water partition coefficient (Wildman–Crippen LogP) is 5.59. The second-order valence-electron chi connectivity index (χ2n) is 6.50. The number of carbonyl (C=O) groups is 1. The zero-order chi connectivity index (χ0) is 21.3. The van der Waals surface area contributed by atoms with Gasteiger partial charge in [0.05, 0.1) is 10.0 Å². The molecule has 4 rings (SSSR count). The maximum Gasteiger partial charge on any atom is 0.408 e. The van der Waals surface area contributed by atoms with Crippen molar-refractivity contribution in [1.29, 1.82) is 0 Å². The van der Waals surface area contributed by atoms with Crippen molar-refractivity contribution in [3.63, 3.8) is 0 Å². The highest BCUT2D eigenvalue weighted by atomic mass is 35.5. The third-order valence-electron chi connectivity index (χ3n) is 4.46. The van der Waals surface area contributed by atoms with E-state index >= 15 is 0 Å². The smallest absolute Gasteiger partial charge is 0.408 e. The van der Waals surface area contributed by atoms with Gasteiger partial charge in [-0.05, 0) is 48.0 Å². The van der Waals surface area contributed by atoms with Gasteiger partial charge in [-0.2, -0.15) is 0 Å². The van der Waals surface area contributed by atoms with E-state index < -0.39 is 29.9 Å². The quantitative estimate of drug-likeness (QED) is 0.524. The van der Waals surface area contributed by atoms with Crippen molar-refractivity contribution in [3.8, 4) is 11.8 Å². The molecule has 0 bridgehead atoms. The van der Waals surface area contributed by atoms with E-state index in [-0.39, 0.29) is 5.56 Å². The van der Waals surface area contributed by atoms with Crippen LogP contribution in [0.3, 0.4) is 0 Å². The topological polar surface area (TPSA) is 51.2 Å². The van der Waals surface area contributed by atoms with Crippen LogP contribution in [0.15, 0.2) is 54.9 Å². The minimum absolute atomic E-state index is 0.0642. The number of nitrogens with zero attached hydrogens (tertiary/aromatic N) is 1. The van der Waals surface area contributed by atoms with Crippen LogP contribution in [-0.4, -0.2) is 11.1 Å². The Hall–Kier alpha value is -3.14. The molecule has 2 heterocycles.